The summed E-state index contributed by atoms with van der Waals surface area (Å²) in [6.45, 7) is 2.89. The van der Waals surface area contributed by atoms with Gasteiger partial charge in [0, 0.05) is 18.4 Å². The van der Waals surface area contributed by atoms with E-state index in [2.05, 4.69) is 17.2 Å². The van der Waals surface area contributed by atoms with Gasteiger partial charge in [0.05, 0.1) is 6.54 Å². The van der Waals surface area contributed by atoms with Gasteiger partial charge in [0.15, 0.2) is 0 Å². The molecular formula is C15H15NO3. The SMILES string of the molecule is CC#CCCNCc1oc2ccccc2c1C(=O)O. The van der Waals surface area contributed by atoms with E-state index in [4.69, 9.17) is 4.42 Å². The molecule has 0 amide bonds. The van der Waals surface area contributed by atoms with Gasteiger partial charge in [-0.05, 0) is 13.0 Å². The minimum absolute atomic E-state index is 0.240. The van der Waals surface area contributed by atoms with Crippen LogP contribution >= 0.6 is 0 Å². The first-order valence-electron chi connectivity index (χ1n) is 6.08. The van der Waals surface area contributed by atoms with Gasteiger partial charge in [-0.3, -0.25) is 0 Å². The van der Waals surface area contributed by atoms with Crippen LogP contribution in [0, 0.1) is 11.8 Å². The van der Waals surface area contributed by atoms with E-state index in [9.17, 15) is 9.90 Å². The standard InChI is InChI=1S/C15H15NO3/c1-2-3-6-9-16-10-13-14(15(17)18)11-7-4-5-8-12(11)19-13/h4-5,7-8,16H,6,9-10H2,1H3,(H,17,18). The Morgan fingerprint density at radius 2 is 2.21 bits per heavy atom. The quantitative estimate of drug-likeness (QED) is 0.638. The predicted octanol–water partition coefficient (Wildman–Crippen LogP) is 2.63. The topological polar surface area (TPSA) is 62.5 Å². The monoisotopic (exact) mass is 257 g/mol. The highest BCUT2D eigenvalue weighted by molar-refractivity contribution is 6.03. The molecule has 1 aromatic heterocycles. The second-order valence-corrected chi connectivity index (χ2v) is 4.06. The molecule has 2 N–H and O–H groups in total. The molecule has 0 spiro atoms. The van der Waals surface area contributed by atoms with Gasteiger partial charge < -0.3 is 14.8 Å². The number of hydrogen-bond acceptors (Lipinski definition) is 3. The number of rotatable bonds is 5. The van der Waals surface area contributed by atoms with E-state index >= 15 is 0 Å². The number of carboxylic acids is 1. The summed E-state index contributed by atoms with van der Waals surface area (Å²) in [6.07, 6.45) is 0.735. The lowest BCUT2D eigenvalue weighted by Gasteiger charge is -2.00. The second kappa shape index (κ2) is 6.07. The van der Waals surface area contributed by atoms with Crippen LogP contribution in [0.3, 0.4) is 0 Å². The molecule has 98 valence electrons. The lowest BCUT2D eigenvalue weighted by molar-refractivity contribution is 0.0696. The number of benzene rings is 1. The number of carbonyl (C=O) groups is 1. The zero-order valence-corrected chi connectivity index (χ0v) is 10.7. The van der Waals surface area contributed by atoms with Crippen LogP contribution in [-0.2, 0) is 6.54 Å². The summed E-state index contributed by atoms with van der Waals surface area (Å²) in [7, 11) is 0. The van der Waals surface area contributed by atoms with Gasteiger partial charge in [-0.1, -0.05) is 18.2 Å². The molecule has 0 radical (unpaired) electrons. The van der Waals surface area contributed by atoms with Crippen LogP contribution in [0.1, 0.15) is 29.5 Å². The van der Waals surface area contributed by atoms with Crippen LogP contribution < -0.4 is 5.32 Å². The maximum Gasteiger partial charge on any atom is 0.339 e. The van der Waals surface area contributed by atoms with Crippen molar-refractivity contribution in [1.82, 2.24) is 5.32 Å². The average Bonchev–Trinajstić information content (AvgIpc) is 2.76. The van der Waals surface area contributed by atoms with Gasteiger partial charge in [-0.2, -0.15) is 0 Å². The molecule has 19 heavy (non-hydrogen) atoms. The van der Waals surface area contributed by atoms with Crippen molar-refractivity contribution in [1.29, 1.82) is 0 Å². The fraction of sp³-hybridized carbons (Fsp3) is 0.267. The summed E-state index contributed by atoms with van der Waals surface area (Å²) in [4.78, 5) is 11.3. The Balaban J connectivity index is 2.19. The molecule has 4 nitrogen and oxygen atoms in total. The highest BCUT2D eigenvalue weighted by atomic mass is 16.4. The Morgan fingerprint density at radius 1 is 1.42 bits per heavy atom. The number of furan rings is 1. The normalized spacial score (nSPS) is 10.2. The largest absolute Gasteiger partial charge is 0.478 e. The van der Waals surface area contributed by atoms with E-state index in [0.29, 0.717) is 29.8 Å². The maximum absolute atomic E-state index is 11.3. The van der Waals surface area contributed by atoms with Crippen molar-refractivity contribution in [2.45, 2.75) is 19.9 Å². The van der Waals surface area contributed by atoms with Gasteiger partial charge >= 0.3 is 5.97 Å². The van der Waals surface area contributed by atoms with Crippen LogP contribution in [0.5, 0.6) is 0 Å². The third kappa shape index (κ3) is 2.95. The van der Waals surface area contributed by atoms with Crippen molar-refractivity contribution < 1.29 is 14.3 Å². The Bertz CT molecular complexity index is 646. The molecule has 0 fully saturated rings. The first-order valence-corrected chi connectivity index (χ1v) is 6.08. The first kappa shape index (κ1) is 13.2. The molecule has 0 unspecified atom stereocenters. The number of hydrogen-bond donors (Lipinski definition) is 2. The molecule has 4 heteroatoms. The van der Waals surface area contributed by atoms with Crippen molar-refractivity contribution in [3.05, 3.63) is 35.6 Å². The number of para-hydroxylation sites is 1. The summed E-state index contributed by atoms with van der Waals surface area (Å²) in [5.74, 6) is 5.24. The minimum atomic E-state index is -0.963. The summed E-state index contributed by atoms with van der Waals surface area (Å²) in [5.41, 5.74) is 0.842. The van der Waals surface area contributed by atoms with Gasteiger partial charge in [0.1, 0.15) is 16.9 Å². The van der Waals surface area contributed by atoms with Crippen molar-refractivity contribution in [3.8, 4) is 11.8 Å². The smallest absolute Gasteiger partial charge is 0.339 e. The van der Waals surface area contributed by atoms with Gasteiger partial charge in [0.2, 0.25) is 0 Å². The Morgan fingerprint density at radius 3 is 2.95 bits per heavy atom. The van der Waals surface area contributed by atoms with Crippen LogP contribution in [0.2, 0.25) is 0 Å². The van der Waals surface area contributed by atoms with Crippen LogP contribution in [0.25, 0.3) is 11.0 Å². The molecule has 0 saturated heterocycles. The Kier molecular flexibility index (Phi) is 4.22. The first-order chi connectivity index (χ1) is 9.24. The average molecular weight is 257 g/mol. The van der Waals surface area contributed by atoms with Crippen LogP contribution in [-0.4, -0.2) is 17.6 Å². The summed E-state index contributed by atoms with van der Waals surface area (Å²) in [5, 5.41) is 13.1. The molecule has 0 bridgehead atoms. The molecular weight excluding hydrogens is 242 g/mol. The predicted molar refractivity (Wildman–Crippen MR) is 72.9 cm³/mol. The van der Waals surface area contributed by atoms with Crippen molar-refractivity contribution >= 4 is 16.9 Å². The number of aromatic carboxylic acids is 1. The summed E-state index contributed by atoms with van der Waals surface area (Å²) in [6, 6.07) is 7.16. The minimum Gasteiger partial charge on any atom is -0.478 e. The van der Waals surface area contributed by atoms with Crippen molar-refractivity contribution in [2.24, 2.45) is 0 Å². The van der Waals surface area contributed by atoms with Gasteiger partial charge in [-0.25, -0.2) is 4.79 Å². The second-order valence-electron chi connectivity index (χ2n) is 4.06. The molecule has 0 aliphatic heterocycles. The van der Waals surface area contributed by atoms with Gasteiger partial charge in [0.25, 0.3) is 0 Å². The number of carboxylic acid groups (broad SMARTS) is 1. The molecule has 1 heterocycles. The molecule has 0 aliphatic carbocycles. The van der Waals surface area contributed by atoms with Crippen molar-refractivity contribution in [2.75, 3.05) is 6.54 Å². The Labute approximate surface area is 111 Å². The summed E-state index contributed by atoms with van der Waals surface area (Å²) >= 11 is 0. The van der Waals surface area contributed by atoms with Gasteiger partial charge in [-0.15, -0.1) is 11.8 Å². The molecule has 0 atom stereocenters. The summed E-state index contributed by atoms with van der Waals surface area (Å²) < 4.78 is 5.59. The molecule has 1 aromatic carbocycles. The highest BCUT2D eigenvalue weighted by Gasteiger charge is 2.19. The lowest BCUT2D eigenvalue weighted by Crippen LogP contribution is -2.15. The van der Waals surface area contributed by atoms with Crippen LogP contribution in [0.15, 0.2) is 28.7 Å². The van der Waals surface area contributed by atoms with E-state index in [0.717, 1.165) is 6.42 Å². The zero-order valence-electron chi connectivity index (χ0n) is 10.7. The van der Waals surface area contributed by atoms with E-state index < -0.39 is 5.97 Å². The fourth-order valence-electron chi connectivity index (χ4n) is 1.93. The molecule has 0 saturated carbocycles. The van der Waals surface area contributed by atoms with Crippen LogP contribution in [0.4, 0.5) is 0 Å². The highest BCUT2D eigenvalue weighted by Crippen LogP contribution is 2.25. The van der Waals surface area contributed by atoms with E-state index in [1.165, 1.54) is 0 Å². The molecule has 0 aliphatic rings. The third-order valence-corrected chi connectivity index (χ3v) is 2.77. The zero-order chi connectivity index (χ0) is 13.7. The third-order valence-electron chi connectivity index (χ3n) is 2.77. The number of fused-ring (bicyclic) bond motifs is 1. The Hall–Kier alpha value is -2.25. The lowest BCUT2D eigenvalue weighted by atomic mass is 10.1. The van der Waals surface area contributed by atoms with E-state index in [1.54, 1.807) is 25.1 Å². The van der Waals surface area contributed by atoms with E-state index in [1.807, 2.05) is 6.07 Å². The number of nitrogens with one attached hydrogen (secondary N) is 1. The maximum atomic E-state index is 11.3. The van der Waals surface area contributed by atoms with Crippen molar-refractivity contribution in [3.63, 3.8) is 0 Å². The fourth-order valence-corrected chi connectivity index (χ4v) is 1.93. The molecule has 2 aromatic rings. The van der Waals surface area contributed by atoms with E-state index in [-0.39, 0.29) is 5.56 Å². The molecule has 2 rings (SSSR count).